The first-order chi connectivity index (χ1) is 9.79. The van der Waals surface area contributed by atoms with Crippen molar-refractivity contribution < 1.29 is 5.11 Å². The second kappa shape index (κ2) is 6.33. The maximum atomic E-state index is 9.46. The van der Waals surface area contributed by atoms with Crippen molar-refractivity contribution in [1.82, 2.24) is 5.32 Å². The van der Waals surface area contributed by atoms with Gasteiger partial charge in [-0.25, -0.2) is 0 Å². The molecule has 2 aromatic carbocycles. The number of hydrogen-bond donors (Lipinski definition) is 2. The summed E-state index contributed by atoms with van der Waals surface area (Å²) in [7, 11) is 0. The minimum absolute atomic E-state index is 0.338. The maximum absolute atomic E-state index is 9.46. The fourth-order valence-electron chi connectivity index (χ4n) is 2.11. The summed E-state index contributed by atoms with van der Waals surface area (Å²) in [6, 6.07) is 16.9. The Kier molecular flexibility index (Phi) is 4.28. The van der Waals surface area contributed by atoms with E-state index in [4.69, 9.17) is 0 Å². The minimum Gasteiger partial charge on any atom is -0.508 e. The molecule has 2 aromatic rings. The third-order valence-electron chi connectivity index (χ3n) is 3.39. The van der Waals surface area contributed by atoms with Crippen LogP contribution in [-0.2, 0) is 12.3 Å². The van der Waals surface area contributed by atoms with Gasteiger partial charge in [-0.3, -0.25) is 0 Å². The average molecular weight is 285 g/mol. The van der Waals surface area contributed by atoms with Gasteiger partial charge < -0.3 is 10.4 Å². The predicted molar refractivity (Wildman–Crippen MR) is 84.0 cm³/mol. The first-order valence-electron chi connectivity index (χ1n) is 7.02. The van der Waals surface area contributed by atoms with Crippen LogP contribution in [-0.4, -0.2) is 11.1 Å². The first-order valence-corrected chi connectivity index (χ1v) is 8.01. The van der Waals surface area contributed by atoms with E-state index >= 15 is 0 Å². The van der Waals surface area contributed by atoms with E-state index in [1.807, 2.05) is 30.0 Å². The van der Waals surface area contributed by atoms with Gasteiger partial charge in [0, 0.05) is 23.2 Å². The summed E-state index contributed by atoms with van der Waals surface area (Å²) >= 11 is 1.81. The summed E-state index contributed by atoms with van der Waals surface area (Å²) in [6.45, 7) is 0.963. The van der Waals surface area contributed by atoms with Crippen LogP contribution in [0.25, 0.3) is 0 Å². The Bertz CT molecular complexity index is 581. The van der Waals surface area contributed by atoms with Crippen molar-refractivity contribution in [2.75, 3.05) is 0 Å². The molecule has 1 aliphatic rings. The van der Waals surface area contributed by atoms with Crippen molar-refractivity contribution >= 4 is 11.8 Å². The SMILES string of the molecule is Oc1cccc(CSc2cccc(CNC3CC3)c2)c1. The molecule has 2 nitrogen and oxygen atoms in total. The monoisotopic (exact) mass is 285 g/mol. The van der Waals surface area contributed by atoms with E-state index in [1.165, 1.54) is 23.3 Å². The zero-order valence-electron chi connectivity index (χ0n) is 11.4. The van der Waals surface area contributed by atoms with Crippen molar-refractivity contribution in [2.24, 2.45) is 0 Å². The van der Waals surface area contributed by atoms with E-state index in [0.29, 0.717) is 5.75 Å². The number of phenols is 1. The van der Waals surface area contributed by atoms with Gasteiger partial charge in [0.05, 0.1) is 0 Å². The van der Waals surface area contributed by atoms with Gasteiger partial charge in [0.1, 0.15) is 5.75 Å². The molecule has 2 N–H and O–H groups in total. The summed E-state index contributed by atoms with van der Waals surface area (Å²) in [4.78, 5) is 1.28. The van der Waals surface area contributed by atoms with Gasteiger partial charge in [-0.05, 0) is 48.2 Å². The Balaban J connectivity index is 1.57. The molecule has 0 aromatic heterocycles. The summed E-state index contributed by atoms with van der Waals surface area (Å²) in [6.07, 6.45) is 2.65. The minimum atomic E-state index is 0.338. The van der Waals surface area contributed by atoms with Gasteiger partial charge in [-0.2, -0.15) is 0 Å². The zero-order chi connectivity index (χ0) is 13.8. The number of hydrogen-bond acceptors (Lipinski definition) is 3. The Hall–Kier alpha value is -1.45. The predicted octanol–water partition coefficient (Wildman–Crippen LogP) is 3.94. The maximum Gasteiger partial charge on any atom is 0.115 e. The first kappa shape index (κ1) is 13.5. The molecular formula is C17H19NOS. The number of nitrogens with one attached hydrogen (secondary N) is 1. The van der Waals surface area contributed by atoms with Crippen LogP contribution in [0.2, 0.25) is 0 Å². The van der Waals surface area contributed by atoms with E-state index in [9.17, 15) is 5.11 Å². The lowest BCUT2D eigenvalue weighted by atomic mass is 10.2. The molecule has 0 heterocycles. The van der Waals surface area contributed by atoms with Crippen LogP contribution < -0.4 is 5.32 Å². The summed E-state index contributed by atoms with van der Waals surface area (Å²) < 4.78 is 0. The van der Waals surface area contributed by atoms with Crippen molar-refractivity contribution in [3.63, 3.8) is 0 Å². The second-order valence-corrected chi connectivity index (χ2v) is 6.31. The fourth-order valence-corrected chi connectivity index (χ4v) is 3.03. The molecule has 1 fully saturated rings. The Labute approximate surface area is 124 Å². The third-order valence-corrected chi connectivity index (χ3v) is 4.45. The molecule has 1 aliphatic carbocycles. The Morgan fingerprint density at radius 2 is 1.85 bits per heavy atom. The van der Waals surface area contributed by atoms with Gasteiger partial charge in [0.15, 0.2) is 0 Å². The van der Waals surface area contributed by atoms with Gasteiger partial charge in [0.2, 0.25) is 0 Å². The lowest BCUT2D eigenvalue weighted by molar-refractivity contribution is 0.475. The molecule has 0 bridgehead atoms. The van der Waals surface area contributed by atoms with Crippen molar-refractivity contribution in [3.05, 3.63) is 59.7 Å². The molecule has 104 valence electrons. The van der Waals surface area contributed by atoms with Crippen LogP contribution in [0.3, 0.4) is 0 Å². The highest BCUT2D eigenvalue weighted by molar-refractivity contribution is 7.98. The van der Waals surface area contributed by atoms with E-state index in [0.717, 1.165) is 23.9 Å². The molecule has 0 radical (unpaired) electrons. The van der Waals surface area contributed by atoms with E-state index in [1.54, 1.807) is 6.07 Å². The topological polar surface area (TPSA) is 32.3 Å². The van der Waals surface area contributed by atoms with Crippen LogP contribution >= 0.6 is 11.8 Å². The molecule has 0 spiro atoms. The Morgan fingerprint density at radius 3 is 2.65 bits per heavy atom. The van der Waals surface area contributed by atoms with Crippen LogP contribution in [0.5, 0.6) is 5.75 Å². The molecule has 3 rings (SSSR count). The number of phenolic OH excluding ortho intramolecular Hbond substituents is 1. The highest BCUT2D eigenvalue weighted by Gasteiger charge is 2.19. The quantitative estimate of drug-likeness (QED) is 0.789. The molecule has 0 atom stereocenters. The van der Waals surface area contributed by atoms with Crippen molar-refractivity contribution in [3.8, 4) is 5.75 Å². The molecule has 0 unspecified atom stereocenters. The smallest absolute Gasteiger partial charge is 0.115 e. The van der Waals surface area contributed by atoms with Gasteiger partial charge in [-0.1, -0.05) is 24.3 Å². The molecule has 3 heteroatoms. The Morgan fingerprint density at radius 1 is 1.05 bits per heavy atom. The van der Waals surface area contributed by atoms with E-state index in [-0.39, 0.29) is 0 Å². The van der Waals surface area contributed by atoms with Crippen LogP contribution in [0, 0.1) is 0 Å². The van der Waals surface area contributed by atoms with Crippen molar-refractivity contribution in [2.45, 2.75) is 36.1 Å². The van der Waals surface area contributed by atoms with E-state index < -0.39 is 0 Å². The fraction of sp³-hybridized carbons (Fsp3) is 0.294. The molecular weight excluding hydrogens is 266 g/mol. The van der Waals surface area contributed by atoms with Gasteiger partial charge >= 0.3 is 0 Å². The zero-order valence-corrected chi connectivity index (χ0v) is 12.2. The number of thioether (sulfide) groups is 1. The second-order valence-electron chi connectivity index (χ2n) is 5.26. The summed E-state index contributed by atoms with van der Waals surface area (Å²) in [5, 5.41) is 13.0. The van der Waals surface area contributed by atoms with Crippen LogP contribution in [0.1, 0.15) is 24.0 Å². The number of aromatic hydroxyl groups is 1. The normalized spacial score (nSPS) is 14.4. The molecule has 0 aliphatic heterocycles. The van der Waals surface area contributed by atoms with E-state index in [2.05, 4.69) is 29.6 Å². The lowest BCUT2D eigenvalue weighted by Crippen LogP contribution is -2.15. The summed E-state index contributed by atoms with van der Waals surface area (Å²) in [5.74, 6) is 1.22. The van der Waals surface area contributed by atoms with Gasteiger partial charge in [-0.15, -0.1) is 11.8 Å². The number of rotatable bonds is 6. The average Bonchev–Trinajstić information content (AvgIpc) is 3.28. The molecule has 0 saturated heterocycles. The molecule has 1 saturated carbocycles. The third kappa shape index (κ3) is 4.02. The molecule has 0 amide bonds. The standard InChI is InChI=1S/C17H19NOS/c19-16-5-1-4-14(9-16)12-20-17-6-2-3-13(10-17)11-18-15-7-8-15/h1-6,9-10,15,18-19H,7-8,11-12H2. The highest BCUT2D eigenvalue weighted by atomic mass is 32.2. The highest BCUT2D eigenvalue weighted by Crippen LogP contribution is 2.25. The molecule has 20 heavy (non-hydrogen) atoms. The largest absolute Gasteiger partial charge is 0.508 e. The summed E-state index contributed by atoms with van der Waals surface area (Å²) in [5.41, 5.74) is 2.49. The van der Waals surface area contributed by atoms with Gasteiger partial charge in [0.25, 0.3) is 0 Å². The van der Waals surface area contributed by atoms with Crippen LogP contribution in [0.15, 0.2) is 53.4 Å². The lowest BCUT2D eigenvalue weighted by Gasteiger charge is -2.06. The van der Waals surface area contributed by atoms with Crippen molar-refractivity contribution in [1.29, 1.82) is 0 Å². The number of benzene rings is 2. The van der Waals surface area contributed by atoms with Crippen LogP contribution in [0.4, 0.5) is 0 Å².